The summed E-state index contributed by atoms with van der Waals surface area (Å²) in [6, 6.07) is 3.47. The molecule has 104 valence electrons. The molecule has 0 bridgehead atoms. The van der Waals surface area contributed by atoms with Gasteiger partial charge in [0.15, 0.2) is 0 Å². The van der Waals surface area contributed by atoms with Crippen LogP contribution in [0, 0.1) is 0 Å². The van der Waals surface area contributed by atoms with E-state index >= 15 is 0 Å². The molecule has 0 saturated carbocycles. The van der Waals surface area contributed by atoms with E-state index in [1.54, 1.807) is 19.1 Å². The first-order chi connectivity index (χ1) is 8.64. The summed E-state index contributed by atoms with van der Waals surface area (Å²) in [6.07, 6.45) is -0.727. The van der Waals surface area contributed by atoms with Gasteiger partial charge in [0.05, 0.1) is 33.6 Å². The number of nitrogens with zero attached hydrogens (tertiary/aromatic N) is 1. The maximum atomic E-state index is 9.65. The predicted octanol–water partition coefficient (Wildman–Crippen LogP) is 2.09. The first kappa shape index (κ1) is 14.8. The lowest BCUT2D eigenvalue weighted by molar-refractivity contribution is 0.00578. The summed E-state index contributed by atoms with van der Waals surface area (Å²) in [5.41, 5.74) is 0.237. The number of aliphatic hydroxyl groups is 1. The summed E-state index contributed by atoms with van der Waals surface area (Å²) in [4.78, 5) is 4.35. The van der Waals surface area contributed by atoms with Gasteiger partial charge in [-0.2, -0.15) is 0 Å². The fourth-order valence-corrected chi connectivity index (χ4v) is 2.12. The summed E-state index contributed by atoms with van der Waals surface area (Å²) < 4.78 is 11.8. The highest BCUT2D eigenvalue weighted by atomic mass is 35.5. The Morgan fingerprint density at radius 1 is 1.21 bits per heavy atom. The zero-order valence-electron chi connectivity index (χ0n) is 11.9. The second-order valence-corrected chi connectivity index (χ2v) is 6.27. The van der Waals surface area contributed by atoms with Crippen molar-refractivity contribution in [3.63, 3.8) is 0 Å². The first-order valence-corrected chi connectivity index (χ1v) is 6.72. The van der Waals surface area contributed by atoms with E-state index in [9.17, 15) is 5.11 Å². The third-order valence-electron chi connectivity index (χ3n) is 3.79. The van der Waals surface area contributed by atoms with Crippen molar-refractivity contribution in [1.82, 2.24) is 4.98 Å². The van der Waals surface area contributed by atoms with Crippen molar-refractivity contribution in [2.24, 2.45) is 0 Å². The topological polar surface area (TPSA) is 51.6 Å². The molecule has 0 aromatic carbocycles. The van der Waals surface area contributed by atoms with Crippen molar-refractivity contribution in [2.75, 3.05) is 0 Å². The van der Waals surface area contributed by atoms with E-state index in [2.05, 4.69) is 4.98 Å². The highest BCUT2D eigenvalue weighted by Crippen LogP contribution is 2.36. The van der Waals surface area contributed by atoms with Gasteiger partial charge in [-0.15, -0.1) is 0 Å². The average Bonchev–Trinajstić information content (AvgIpc) is 2.48. The van der Waals surface area contributed by atoms with Crippen molar-refractivity contribution >= 4 is 24.3 Å². The van der Waals surface area contributed by atoms with Crippen LogP contribution in [0.2, 0.25) is 5.02 Å². The SMILES string of the molecule is CC(O)c1nc(B2OC(C)(C)C(C)(C)O2)ccc1Cl. The number of halogens is 1. The molecule has 2 heterocycles. The van der Waals surface area contributed by atoms with Crippen molar-refractivity contribution < 1.29 is 14.4 Å². The molecule has 1 aliphatic rings. The van der Waals surface area contributed by atoms with Crippen LogP contribution in [0.25, 0.3) is 0 Å². The Bertz CT molecular complexity index is 475. The molecule has 4 nitrogen and oxygen atoms in total. The summed E-state index contributed by atoms with van der Waals surface area (Å²) >= 11 is 6.01. The summed E-state index contributed by atoms with van der Waals surface area (Å²) in [7, 11) is -0.542. The van der Waals surface area contributed by atoms with Crippen LogP contribution in [0.4, 0.5) is 0 Å². The van der Waals surface area contributed by atoms with Gasteiger partial charge in [0.2, 0.25) is 0 Å². The monoisotopic (exact) mass is 283 g/mol. The number of aliphatic hydroxyl groups excluding tert-OH is 1. The fourth-order valence-electron chi connectivity index (χ4n) is 1.86. The van der Waals surface area contributed by atoms with Crippen molar-refractivity contribution in [1.29, 1.82) is 0 Å². The number of hydrogen-bond acceptors (Lipinski definition) is 4. The van der Waals surface area contributed by atoms with Gasteiger partial charge in [-0.1, -0.05) is 11.6 Å². The molecule has 19 heavy (non-hydrogen) atoms. The van der Waals surface area contributed by atoms with Gasteiger partial charge in [-0.3, -0.25) is 4.98 Å². The Morgan fingerprint density at radius 3 is 2.21 bits per heavy atom. The number of hydrogen-bond donors (Lipinski definition) is 1. The predicted molar refractivity (Wildman–Crippen MR) is 75.6 cm³/mol. The normalized spacial score (nSPS) is 22.6. The molecule has 1 N–H and O–H groups in total. The molecule has 0 amide bonds. The molecule has 0 radical (unpaired) electrons. The Hall–Kier alpha value is -0.615. The van der Waals surface area contributed by atoms with E-state index in [-0.39, 0.29) is 0 Å². The van der Waals surface area contributed by atoms with Crippen molar-refractivity contribution in [2.45, 2.75) is 51.9 Å². The fraction of sp³-hybridized carbons (Fsp3) is 0.615. The Balaban J connectivity index is 2.32. The zero-order valence-corrected chi connectivity index (χ0v) is 12.7. The summed E-state index contributed by atoms with van der Waals surface area (Å²) in [6.45, 7) is 9.57. The van der Waals surface area contributed by atoms with Crippen LogP contribution in [-0.2, 0) is 9.31 Å². The van der Waals surface area contributed by atoms with E-state index in [1.807, 2.05) is 27.7 Å². The van der Waals surface area contributed by atoms with E-state index in [4.69, 9.17) is 20.9 Å². The van der Waals surface area contributed by atoms with Crippen LogP contribution >= 0.6 is 11.6 Å². The zero-order chi connectivity index (χ0) is 14.4. The molecule has 1 atom stereocenters. The Morgan fingerprint density at radius 2 is 1.74 bits per heavy atom. The summed E-state index contributed by atoms with van der Waals surface area (Å²) in [5.74, 6) is 0. The van der Waals surface area contributed by atoms with Gasteiger partial charge in [-0.05, 0) is 46.8 Å². The van der Waals surface area contributed by atoms with Gasteiger partial charge in [-0.25, -0.2) is 0 Å². The minimum atomic E-state index is -0.727. The Labute approximate surface area is 119 Å². The highest BCUT2D eigenvalue weighted by Gasteiger charge is 2.52. The third-order valence-corrected chi connectivity index (χ3v) is 4.10. The summed E-state index contributed by atoms with van der Waals surface area (Å²) in [5, 5.41) is 10.1. The molecular formula is C13H19BClNO3. The maximum Gasteiger partial charge on any atom is 0.514 e. The number of aromatic nitrogens is 1. The molecule has 1 aromatic heterocycles. The number of rotatable bonds is 2. The number of pyridine rings is 1. The second kappa shape index (κ2) is 4.74. The van der Waals surface area contributed by atoms with E-state index in [1.165, 1.54) is 0 Å². The lowest BCUT2D eigenvalue weighted by atomic mass is 9.84. The van der Waals surface area contributed by atoms with E-state index in [0.29, 0.717) is 16.3 Å². The van der Waals surface area contributed by atoms with Crippen LogP contribution in [0.1, 0.15) is 46.4 Å². The van der Waals surface area contributed by atoms with Gasteiger partial charge in [0.25, 0.3) is 0 Å². The third kappa shape index (κ3) is 2.65. The average molecular weight is 284 g/mol. The second-order valence-electron chi connectivity index (χ2n) is 5.87. The standard InChI is InChI=1S/C13H19BClNO3/c1-8(17)11-9(15)6-7-10(16-11)14-18-12(2,3)13(4,5)19-14/h6-8,17H,1-5H3. The molecule has 2 rings (SSSR count). The molecule has 1 aliphatic heterocycles. The molecule has 6 heteroatoms. The van der Waals surface area contributed by atoms with Gasteiger partial charge >= 0.3 is 7.12 Å². The minimum Gasteiger partial charge on any atom is -0.398 e. The molecule has 1 aromatic rings. The minimum absolute atomic E-state index is 0.413. The lowest BCUT2D eigenvalue weighted by Gasteiger charge is -2.32. The smallest absolute Gasteiger partial charge is 0.398 e. The molecule has 0 spiro atoms. The quantitative estimate of drug-likeness (QED) is 0.845. The largest absolute Gasteiger partial charge is 0.514 e. The highest BCUT2D eigenvalue weighted by molar-refractivity contribution is 6.61. The van der Waals surface area contributed by atoms with Crippen LogP contribution in [-0.4, -0.2) is 28.4 Å². The Kier molecular flexibility index (Phi) is 3.69. The first-order valence-electron chi connectivity index (χ1n) is 6.34. The molecule has 1 fully saturated rings. The van der Waals surface area contributed by atoms with E-state index in [0.717, 1.165) is 0 Å². The van der Waals surface area contributed by atoms with Crippen LogP contribution in [0.5, 0.6) is 0 Å². The molecule has 1 unspecified atom stereocenters. The lowest BCUT2D eigenvalue weighted by Crippen LogP contribution is -2.41. The van der Waals surface area contributed by atoms with Crippen LogP contribution in [0.15, 0.2) is 12.1 Å². The van der Waals surface area contributed by atoms with Crippen molar-refractivity contribution in [3.05, 3.63) is 22.8 Å². The van der Waals surface area contributed by atoms with Gasteiger partial charge in [0, 0.05) is 0 Å². The van der Waals surface area contributed by atoms with Gasteiger partial charge in [0.1, 0.15) is 0 Å². The van der Waals surface area contributed by atoms with E-state index < -0.39 is 24.4 Å². The molecular weight excluding hydrogens is 264 g/mol. The maximum absolute atomic E-state index is 9.65. The molecule has 1 saturated heterocycles. The van der Waals surface area contributed by atoms with Crippen molar-refractivity contribution in [3.8, 4) is 0 Å². The van der Waals surface area contributed by atoms with Gasteiger partial charge < -0.3 is 14.4 Å². The van der Waals surface area contributed by atoms with Crippen LogP contribution < -0.4 is 5.59 Å². The van der Waals surface area contributed by atoms with Crippen LogP contribution in [0.3, 0.4) is 0 Å². The molecule has 0 aliphatic carbocycles.